The maximum atomic E-state index is 11.9. The minimum absolute atomic E-state index is 0.150. The van der Waals surface area contributed by atoms with Gasteiger partial charge < -0.3 is 10.6 Å². The standard InChI is InChI=1S/C15H20N6O/c1-10-8-13(19-15(17-10)11-4-3-5-11)16-9-14(22)18-12-6-7-21(2)20-12/h6-8,11H,3-5,9H2,1-2H3,(H,16,17,19)(H,18,20,22). The summed E-state index contributed by atoms with van der Waals surface area (Å²) in [6, 6.07) is 3.61. The van der Waals surface area contributed by atoms with Gasteiger partial charge >= 0.3 is 0 Å². The third-order valence-electron chi connectivity index (χ3n) is 3.75. The second kappa shape index (κ2) is 6.13. The lowest BCUT2D eigenvalue weighted by molar-refractivity contribution is -0.114. The van der Waals surface area contributed by atoms with Crippen molar-refractivity contribution in [2.75, 3.05) is 17.2 Å². The third-order valence-corrected chi connectivity index (χ3v) is 3.75. The molecule has 0 aliphatic heterocycles. The van der Waals surface area contributed by atoms with Crippen LogP contribution in [0.5, 0.6) is 0 Å². The highest BCUT2D eigenvalue weighted by atomic mass is 16.2. The molecular formula is C15H20N6O. The number of hydrogen-bond donors (Lipinski definition) is 2. The number of hydrogen-bond acceptors (Lipinski definition) is 5. The summed E-state index contributed by atoms with van der Waals surface area (Å²) in [5.74, 6) is 2.45. The molecule has 2 aromatic heterocycles. The van der Waals surface area contributed by atoms with Gasteiger partial charge in [-0.3, -0.25) is 9.48 Å². The summed E-state index contributed by atoms with van der Waals surface area (Å²) >= 11 is 0. The Morgan fingerprint density at radius 3 is 2.82 bits per heavy atom. The van der Waals surface area contributed by atoms with Gasteiger partial charge in [-0.15, -0.1) is 0 Å². The van der Waals surface area contributed by atoms with E-state index in [2.05, 4.69) is 25.7 Å². The zero-order valence-corrected chi connectivity index (χ0v) is 12.8. The lowest BCUT2D eigenvalue weighted by atomic mass is 9.85. The van der Waals surface area contributed by atoms with Gasteiger partial charge in [0, 0.05) is 37.0 Å². The molecule has 0 unspecified atom stereocenters. The van der Waals surface area contributed by atoms with Crippen molar-refractivity contribution >= 4 is 17.5 Å². The molecule has 1 aliphatic rings. The number of carbonyl (C=O) groups is 1. The predicted molar refractivity (Wildman–Crippen MR) is 83.7 cm³/mol. The maximum Gasteiger partial charge on any atom is 0.244 e. The largest absolute Gasteiger partial charge is 0.361 e. The molecule has 0 saturated heterocycles. The van der Waals surface area contributed by atoms with Crippen LogP contribution in [-0.4, -0.2) is 32.2 Å². The summed E-state index contributed by atoms with van der Waals surface area (Å²) in [4.78, 5) is 20.9. The van der Waals surface area contributed by atoms with Crippen LogP contribution in [0.3, 0.4) is 0 Å². The molecule has 0 spiro atoms. The fourth-order valence-corrected chi connectivity index (χ4v) is 2.37. The Labute approximate surface area is 129 Å². The maximum absolute atomic E-state index is 11.9. The smallest absolute Gasteiger partial charge is 0.244 e. The topological polar surface area (TPSA) is 84.7 Å². The second-order valence-corrected chi connectivity index (χ2v) is 5.66. The van der Waals surface area contributed by atoms with E-state index in [0.29, 0.717) is 17.6 Å². The molecule has 7 nitrogen and oxygen atoms in total. The summed E-state index contributed by atoms with van der Waals surface area (Å²) in [7, 11) is 1.81. The van der Waals surface area contributed by atoms with Crippen LogP contribution in [0.15, 0.2) is 18.3 Å². The number of aromatic nitrogens is 4. The number of rotatable bonds is 5. The van der Waals surface area contributed by atoms with Gasteiger partial charge in [-0.05, 0) is 19.8 Å². The third kappa shape index (κ3) is 3.41. The highest BCUT2D eigenvalue weighted by Crippen LogP contribution is 2.34. The minimum atomic E-state index is -0.153. The molecule has 1 fully saturated rings. The molecule has 1 saturated carbocycles. The first-order valence-corrected chi connectivity index (χ1v) is 7.49. The Morgan fingerprint density at radius 1 is 1.36 bits per heavy atom. The van der Waals surface area contributed by atoms with Crippen molar-refractivity contribution in [1.29, 1.82) is 0 Å². The highest BCUT2D eigenvalue weighted by Gasteiger charge is 2.22. The van der Waals surface area contributed by atoms with Crippen LogP contribution in [0.25, 0.3) is 0 Å². The number of nitrogens with one attached hydrogen (secondary N) is 2. The van der Waals surface area contributed by atoms with Gasteiger partial charge in [-0.2, -0.15) is 5.10 Å². The normalized spacial score (nSPS) is 14.5. The minimum Gasteiger partial charge on any atom is -0.361 e. The molecule has 0 radical (unpaired) electrons. The zero-order chi connectivity index (χ0) is 15.5. The molecule has 2 aromatic rings. The van der Waals surface area contributed by atoms with Crippen LogP contribution < -0.4 is 10.6 Å². The summed E-state index contributed by atoms with van der Waals surface area (Å²) < 4.78 is 1.64. The molecule has 2 N–H and O–H groups in total. The van der Waals surface area contributed by atoms with E-state index in [1.165, 1.54) is 6.42 Å². The van der Waals surface area contributed by atoms with Gasteiger partial charge in [-0.1, -0.05) is 6.42 Å². The predicted octanol–water partition coefficient (Wildman–Crippen LogP) is 1.84. The van der Waals surface area contributed by atoms with Gasteiger partial charge in [-0.25, -0.2) is 9.97 Å². The van der Waals surface area contributed by atoms with E-state index in [1.807, 2.05) is 13.0 Å². The summed E-state index contributed by atoms with van der Waals surface area (Å²) in [5.41, 5.74) is 0.921. The van der Waals surface area contributed by atoms with Crippen LogP contribution in [-0.2, 0) is 11.8 Å². The monoisotopic (exact) mass is 300 g/mol. The lowest BCUT2D eigenvalue weighted by Gasteiger charge is -2.24. The molecule has 0 bridgehead atoms. The van der Waals surface area contributed by atoms with Crippen molar-refractivity contribution in [1.82, 2.24) is 19.7 Å². The molecular weight excluding hydrogens is 280 g/mol. The number of aryl methyl sites for hydroxylation is 2. The van der Waals surface area contributed by atoms with Crippen molar-refractivity contribution in [3.8, 4) is 0 Å². The Hall–Kier alpha value is -2.44. The molecule has 1 amide bonds. The first-order valence-electron chi connectivity index (χ1n) is 7.49. The first kappa shape index (κ1) is 14.5. The van der Waals surface area contributed by atoms with E-state index in [-0.39, 0.29) is 12.5 Å². The average Bonchev–Trinajstić information content (AvgIpc) is 2.79. The van der Waals surface area contributed by atoms with Crippen LogP contribution in [0.4, 0.5) is 11.6 Å². The molecule has 22 heavy (non-hydrogen) atoms. The van der Waals surface area contributed by atoms with Gasteiger partial charge in [0.1, 0.15) is 11.6 Å². The molecule has 1 aliphatic carbocycles. The van der Waals surface area contributed by atoms with Crippen molar-refractivity contribution < 1.29 is 4.79 Å². The van der Waals surface area contributed by atoms with Gasteiger partial charge in [0.15, 0.2) is 5.82 Å². The van der Waals surface area contributed by atoms with Crippen molar-refractivity contribution in [2.24, 2.45) is 7.05 Å². The summed E-state index contributed by atoms with van der Waals surface area (Å²) in [6.45, 7) is 2.10. The van der Waals surface area contributed by atoms with Gasteiger partial charge in [0.2, 0.25) is 5.91 Å². The number of anilines is 2. The fraction of sp³-hybridized carbons (Fsp3) is 0.467. The van der Waals surface area contributed by atoms with Crippen LogP contribution in [0, 0.1) is 6.92 Å². The van der Waals surface area contributed by atoms with E-state index >= 15 is 0 Å². The second-order valence-electron chi connectivity index (χ2n) is 5.66. The van der Waals surface area contributed by atoms with Crippen LogP contribution >= 0.6 is 0 Å². The molecule has 7 heteroatoms. The lowest BCUT2D eigenvalue weighted by Crippen LogP contribution is -2.23. The summed E-state index contributed by atoms with van der Waals surface area (Å²) in [6.07, 6.45) is 5.34. The molecule has 0 aromatic carbocycles. The van der Waals surface area contributed by atoms with Crippen molar-refractivity contribution in [3.63, 3.8) is 0 Å². The number of carbonyl (C=O) groups excluding carboxylic acids is 1. The first-order chi connectivity index (χ1) is 10.6. The number of nitrogens with zero attached hydrogens (tertiary/aromatic N) is 4. The molecule has 3 rings (SSSR count). The Morgan fingerprint density at radius 2 is 2.18 bits per heavy atom. The van der Waals surface area contributed by atoms with E-state index < -0.39 is 0 Å². The van der Waals surface area contributed by atoms with E-state index in [4.69, 9.17) is 0 Å². The van der Waals surface area contributed by atoms with E-state index in [9.17, 15) is 4.79 Å². The zero-order valence-electron chi connectivity index (χ0n) is 12.8. The van der Waals surface area contributed by atoms with Crippen molar-refractivity contribution in [3.05, 3.63) is 29.8 Å². The fourth-order valence-electron chi connectivity index (χ4n) is 2.37. The Kier molecular flexibility index (Phi) is 4.04. The van der Waals surface area contributed by atoms with Crippen LogP contribution in [0.2, 0.25) is 0 Å². The van der Waals surface area contributed by atoms with E-state index in [0.717, 1.165) is 24.4 Å². The number of amides is 1. The SMILES string of the molecule is Cc1cc(NCC(=O)Nc2ccn(C)n2)nc(C2CCC2)n1. The molecule has 0 atom stereocenters. The average molecular weight is 300 g/mol. The Bertz CT molecular complexity index is 676. The quantitative estimate of drug-likeness (QED) is 0.880. The highest BCUT2D eigenvalue weighted by molar-refractivity contribution is 5.92. The summed E-state index contributed by atoms with van der Waals surface area (Å²) in [5, 5.41) is 9.90. The Balaban J connectivity index is 1.58. The molecule has 116 valence electrons. The van der Waals surface area contributed by atoms with Gasteiger partial charge in [0.25, 0.3) is 0 Å². The molecule has 2 heterocycles. The van der Waals surface area contributed by atoms with E-state index in [1.54, 1.807) is 24.0 Å². The van der Waals surface area contributed by atoms with Crippen LogP contribution in [0.1, 0.15) is 36.7 Å². The van der Waals surface area contributed by atoms with Crippen molar-refractivity contribution in [2.45, 2.75) is 32.1 Å². The van der Waals surface area contributed by atoms with Gasteiger partial charge in [0.05, 0.1) is 6.54 Å².